The fourth-order valence-electron chi connectivity index (χ4n) is 1.40. The van der Waals surface area contributed by atoms with Gasteiger partial charge in [0.1, 0.15) is 0 Å². The molecule has 2 nitrogen and oxygen atoms in total. The summed E-state index contributed by atoms with van der Waals surface area (Å²) in [5.74, 6) is -1.86. The summed E-state index contributed by atoms with van der Waals surface area (Å²) in [5.41, 5.74) is -0.0527. The van der Waals surface area contributed by atoms with Crippen LogP contribution in [-0.2, 0) is 0 Å². The first kappa shape index (κ1) is 12.0. The summed E-state index contributed by atoms with van der Waals surface area (Å²) in [6.45, 7) is 0. The van der Waals surface area contributed by atoms with Gasteiger partial charge in [0.25, 0.3) is 5.78 Å². The van der Waals surface area contributed by atoms with Crippen molar-refractivity contribution in [1.82, 2.24) is 4.98 Å². The number of halogens is 4. The molecule has 1 aromatic heterocycles. The number of fused-ring (bicyclic) bond motifs is 1. The van der Waals surface area contributed by atoms with Crippen LogP contribution in [0.3, 0.4) is 0 Å². The average molecular weight is 304 g/mol. The summed E-state index contributed by atoms with van der Waals surface area (Å²) in [6, 6.07) is 5.43. The summed E-state index contributed by atoms with van der Waals surface area (Å²) in [5, 5.41) is 0.665. The van der Waals surface area contributed by atoms with Crippen LogP contribution >= 0.6 is 15.9 Å². The van der Waals surface area contributed by atoms with E-state index in [1.54, 1.807) is 6.07 Å². The van der Waals surface area contributed by atoms with Crippen molar-refractivity contribution in [1.29, 1.82) is 0 Å². The Bertz CT molecular complexity index is 595. The Hall–Kier alpha value is -1.43. The van der Waals surface area contributed by atoms with Crippen LogP contribution in [0.15, 0.2) is 34.9 Å². The maximum Gasteiger partial charge on any atom is 0.454 e. The van der Waals surface area contributed by atoms with Crippen molar-refractivity contribution < 1.29 is 18.0 Å². The molecular formula is C11H5BrF3NO. The van der Waals surface area contributed by atoms with Crippen LogP contribution in [-0.4, -0.2) is 16.9 Å². The maximum absolute atomic E-state index is 12.2. The summed E-state index contributed by atoms with van der Waals surface area (Å²) in [4.78, 5) is 15.0. The van der Waals surface area contributed by atoms with Crippen molar-refractivity contribution in [3.05, 3.63) is 40.5 Å². The Morgan fingerprint density at radius 1 is 1.24 bits per heavy atom. The number of rotatable bonds is 1. The lowest BCUT2D eigenvalue weighted by molar-refractivity contribution is -0.0885. The monoisotopic (exact) mass is 303 g/mol. The van der Waals surface area contributed by atoms with Crippen molar-refractivity contribution >= 4 is 32.6 Å². The van der Waals surface area contributed by atoms with Gasteiger partial charge in [0.15, 0.2) is 0 Å². The average Bonchev–Trinajstić information content (AvgIpc) is 2.26. The predicted octanol–water partition coefficient (Wildman–Crippen LogP) is 3.74. The van der Waals surface area contributed by atoms with Gasteiger partial charge >= 0.3 is 6.18 Å². The first-order valence-electron chi connectivity index (χ1n) is 4.55. The predicted molar refractivity (Wildman–Crippen MR) is 59.8 cm³/mol. The lowest BCUT2D eigenvalue weighted by Crippen LogP contribution is -2.22. The first-order chi connectivity index (χ1) is 7.88. The number of pyridine rings is 1. The highest BCUT2D eigenvalue weighted by molar-refractivity contribution is 9.10. The van der Waals surface area contributed by atoms with E-state index >= 15 is 0 Å². The zero-order chi connectivity index (χ0) is 12.6. The second-order valence-electron chi connectivity index (χ2n) is 3.39. The van der Waals surface area contributed by atoms with Crippen LogP contribution in [0.1, 0.15) is 10.4 Å². The molecule has 0 saturated heterocycles. The van der Waals surface area contributed by atoms with Gasteiger partial charge in [0.2, 0.25) is 0 Å². The molecule has 0 N–H and O–H groups in total. The Labute approximate surface area is 103 Å². The zero-order valence-corrected chi connectivity index (χ0v) is 9.84. The van der Waals surface area contributed by atoms with Gasteiger partial charge in [-0.05, 0) is 28.1 Å². The number of hydrogen-bond acceptors (Lipinski definition) is 2. The molecule has 0 unspecified atom stereocenters. The first-order valence-corrected chi connectivity index (χ1v) is 5.34. The molecule has 88 valence electrons. The molecule has 0 atom stereocenters. The normalized spacial score (nSPS) is 11.8. The molecular weight excluding hydrogens is 299 g/mol. The minimum Gasteiger partial charge on any atom is -0.284 e. The van der Waals surface area contributed by atoms with E-state index in [2.05, 4.69) is 20.9 Å². The van der Waals surface area contributed by atoms with Crippen molar-refractivity contribution in [2.24, 2.45) is 0 Å². The van der Waals surface area contributed by atoms with E-state index in [0.717, 1.165) is 16.6 Å². The zero-order valence-electron chi connectivity index (χ0n) is 8.25. The highest BCUT2D eigenvalue weighted by Crippen LogP contribution is 2.24. The van der Waals surface area contributed by atoms with Crippen LogP contribution < -0.4 is 0 Å². The fourth-order valence-corrected chi connectivity index (χ4v) is 1.75. The van der Waals surface area contributed by atoms with Crippen molar-refractivity contribution in [2.75, 3.05) is 0 Å². The molecule has 0 bridgehead atoms. The van der Waals surface area contributed by atoms with E-state index in [9.17, 15) is 18.0 Å². The highest BCUT2D eigenvalue weighted by atomic mass is 79.9. The van der Waals surface area contributed by atoms with Gasteiger partial charge in [0, 0.05) is 21.6 Å². The molecule has 6 heteroatoms. The lowest BCUT2D eigenvalue weighted by atomic mass is 10.1. The molecule has 2 rings (SSSR count). The number of aromatic nitrogens is 1. The Balaban J connectivity index is 2.52. The number of ketones is 1. The molecule has 2 aromatic rings. The Morgan fingerprint density at radius 2 is 1.94 bits per heavy atom. The minimum absolute atomic E-state index is 0.350. The van der Waals surface area contributed by atoms with Gasteiger partial charge in [-0.1, -0.05) is 12.1 Å². The summed E-state index contributed by atoms with van der Waals surface area (Å²) in [6.07, 6.45) is -3.40. The molecule has 0 saturated carbocycles. The number of Topliss-reactive ketones (excluding diaryl/α,β-unsaturated/α-hetero) is 1. The van der Waals surface area contributed by atoms with E-state index in [1.807, 2.05) is 0 Å². The highest BCUT2D eigenvalue weighted by Gasteiger charge is 2.39. The fraction of sp³-hybridized carbons (Fsp3) is 0.0909. The summed E-state index contributed by atoms with van der Waals surface area (Å²) >= 11 is 3.20. The second-order valence-corrected chi connectivity index (χ2v) is 4.30. The standard InChI is InChI=1S/C11H5BrF3NO/c12-8-3-6-1-2-7(4-9(6)16-5-8)10(17)11(13,14)15/h1-5H. The summed E-state index contributed by atoms with van der Waals surface area (Å²) in [7, 11) is 0. The van der Waals surface area contributed by atoms with Gasteiger partial charge in [0.05, 0.1) is 5.52 Å². The molecule has 0 radical (unpaired) electrons. The number of nitrogens with zero attached hydrogens (tertiary/aromatic N) is 1. The Morgan fingerprint density at radius 3 is 2.59 bits per heavy atom. The number of carbonyl (C=O) groups excluding carboxylic acids is 1. The number of benzene rings is 1. The van der Waals surface area contributed by atoms with Gasteiger partial charge in [-0.2, -0.15) is 13.2 Å². The minimum atomic E-state index is -4.86. The number of carbonyl (C=O) groups is 1. The van der Waals surface area contributed by atoms with E-state index in [1.165, 1.54) is 12.3 Å². The second kappa shape index (κ2) is 4.10. The molecule has 0 amide bonds. The van der Waals surface area contributed by atoms with E-state index in [-0.39, 0.29) is 0 Å². The van der Waals surface area contributed by atoms with Gasteiger partial charge in [-0.25, -0.2) is 0 Å². The van der Waals surface area contributed by atoms with E-state index in [4.69, 9.17) is 0 Å². The molecule has 0 aliphatic heterocycles. The van der Waals surface area contributed by atoms with Crippen LogP contribution in [0.2, 0.25) is 0 Å². The van der Waals surface area contributed by atoms with Crippen LogP contribution in [0.25, 0.3) is 10.9 Å². The molecule has 0 spiro atoms. The van der Waals surface area contributed by atoms with Gasteiger partial charge in [-0.3, -0.25) is 9.78 Å². The smallest absolute Gasteiger partial charge is 0.284 e. The molecule has 1 heterocycles. The van der Waals surface area contributed by atoms with Crippen LogP contribution in [0, 0.1) is 0 Å². The third kappa shape index (κ3) is 2.46. The van der Waals surface area contributed by atoms with Crippen molar-refractivity contribution in [3.8, 4) is 0 Å². The molecule has 0 fully saturated rings. The quantitative estimate of drug-likeness (QED) is 0.751. The third-order valence-corrected chi connectivity index (χ3v) is 2.60. The molecule has 17 heavy (non-hydrogen) atoms. The molecule has 1 aromatic carbocycles. The van der Waals surface area contributed by atoms with Crippen molar-refractivity contribution in [2.45, 2.75) is 6.18 Å². The van der Waals surface area contributed by atoms with E-state index in [0.29, 0.717) is 10.9 Å². The van der Waals surface area contributed by atoms with Crippen molar-refractivity contribution in [3.63, 3.8) is 0 Å². The maximum atomic E-state index is 12.2. The topological polar surface area (TPSA) is 30.0 Å². The lowest BCUT2D eigenvalue weighted by Gasteiger charge is -2.06. The molecule has 0 aliphatic carbocycles. The summed E-state index contributed by atoms with van der Waals surface area (Å²) < 4.78 is 37.4. The van der Waals surface area contributed by atoms with Gasteiger partial charge < -0.3 is 0 Å². The van der Waals surface area contributed by atoms with Gasteiger partial charge in [-0.15, -0.1) is 0 Å². The molecule has 0 aliphatic rings. The largest absolute Gasteiger partial charge is 0.454 e. The van der Waals surface area contributed by atoms with Crippen LogP contribution in [0.5, 0.6) is 0 Å². The Kier molecular flexibility index (Phi) is 2.91. The van der Waals surface area contributed by atoms with E-state index < -0.39 is 17.5 Å². The number of alkyl halides is 3. The SMILES string of the molecule is O=C(c1ccc2cc(Br)cnc2c1)C(F)(F)F. The third-order valence-electron chi connectivity index (χ3n) is 2.17. The van der Waals surface area contributed by atoms with Crippen LogP contribution in [0.4, 0.5) is 13.2 Å². The number of hydrogen-bond donors (Lipinski definition) is 0.